The summed E-state index contributed by atoms with van der Waals surface area (Å²) in [6.45, 7) is 1.96. The van der Waals surface area contributed by atoms with E-state index in [9.17, 15) is 0 Å². The molecule has 28 heavy (non-hydrogen) atoms. The van der Waals surface area contributed by atoms with Gasteiger partial charge in [-0.1, -0.05) is 29.3 Å². The Morgan fingerprint density at radius 3 is 2.46 bits per heavy atom. The van der Waals surface area contributed by atoms with Crippen LogP contribution in [0.25, 0.3) is 10.9 Å². The van der Waals surface area contributed by atoms with Crippen molar-refractivity contribution in [2.45, 2.75) is 6.92 Å². The molecule has 0 aliphatic carbocycles. The number of benzene rings is 2. The van der Waals surface area contributed by atoms with E-state index in [4.69, 9.17) is 28.9 Å². The highest BCUT2D eigenvalue weighted by atomic mass is 35.5. The van der Waals surface area contributed by atoms with E-state index < -0.39 is 0 Å². The van der Waals surface area contributed by atoms with Crippen molar-refractivity contribution in [1.29, 1.82) is 0 Å². The Bertz CT molecular complexity index is 1180. The monoisotopic (exact) mass is 410 g/mol. The molecule has 140 valence electrons. The Morgan fingerprint density at radius 1 is 0.893 bits per heavy atom. The van der Waals surface area contributed by atoms with Crippen molar-refractivity contribution in [2.75, 3.05) is 16.4 Å². The van der Waals surface area contributed by atoms with E-state index in [0.29, 0.717) is 27.4 Å². The number of aromatic nitrogens is 3. The maximum absolute atomic E-state index is 6.29. The lowest BCUT2D eigenvalue weighted by Gasteiger charge is -2.14. The van der Waals surface area contributed by atoms with Crippen LogP contribution in [0.4, 0.5) is 28.7 Å². The van der Waals surface area contributed by atoms with Gasteiger partial charge < -0.3 is 16.4 Å². The van der Waals surface area contributed by atoms with Crippen molar-refractivity contribution in [1.82, 2.24) is 15.0 Å². The first-order valence-electron chi connectivity index (χ1n) is 8.47. The van der Waals surface area contributed by atoms with E-state index in [1.54, 1.807) is 18.2 Å². The van der Waals surface area contributed by atoms with Crippen LogP contribution in [-0.2, 0) is 0 Å². The number of nitrogens with one attached hydrogen (secondary N) is 2. The molecular weight excluding hydrogens is 395 g/mol. The van der Waals surface area contributed by atoms with Gasteiger partial charge in [-0.3, -0.25) is 4.98 Å². The first-order valence-corrected chi connectivity index (χ1v) is 9.23. The maximum Gasteiger partial charge on any atom is 0.159 e. The van der Waals surface area contributed by atoms with Gasteiger partial charge in [-0.2, -0.15) is 0 Å². The predicted octanol–water partition coefficient (Wildman–Crippen LogP) is 5.71. The molecule has 0 amide bonds. The second kappa shape index (κ2) is 7.50. The molecule has 0 spiro atoms. The average Bonchev–Trinajstić information content (AvgIpc) is 2.68. The van der Waals surface area contributed by atoms with E-state index in [2.05, 4.69) is 25.6 Å². The first kappa shape index (κ1) is 18.3. The summed E-state index contributed by atoms with van der Waals surface area (Å²) in [5.41, 5.74) is 10.1. The van der Waals surface area contributed by atoms with Crippen molar-refractivity contribution in [3.8, 4) is 0 Å². The second-order valence-electron chi connectivity index (χ2n) is 6.19. The fraction of sp³-hybridized carbons (Fsp3) is 0.0500. The molecular formula is C20H16Cl2N6. The van der Waals surface area contributed by atoms with Crippen LogP contribution in [0.1, 0.15) is 5.69 Å². The van der Waals surface area contributed by atoms with Gasteiger partial charge in [-0.05, 0) is 49.4 Å². The highest BCUT2D eigenvalue weighted by Crippen LogP contribution is 2.32. The van der Waals surface area contributed by atoms with Gasteiger partial charge in [0.05, 0.1) is 15.6 Å². The fourth-order valence-corrected chi connectivity index (χ4v) is 3.10. The number of nitrogen functional groups attached to an aromatic ring is 1. The number of anilines is 5. The third-order valence-corrected chi connectivity index (χ3v) is 4.93. The predicted molar refractivity (Wildman–Crippen MR) is 116 cm³/mol. The number of hydrogen-bond acceptors (Lipinski definition) is 6. The standard InChI is InChI=1S/C20H16Cl2N6/c1-11-5-7-13-16(26-11)3-2-4-17(13)28-20-18(23)19(24-10-25-20)27-12-6-8-14(21)15(22)9-12/h2-10H,23H2,1H3,(H2,24,25,27,28). The molecule has 0 fully saturated rings. The van der Waals surface area contributed by atoms with Crippen molar-refractivity contribution in [3.63, 3.8) is 0 Å². The van der Waals surface area contributed by atoms with Crippen molar-refractivity contribution >= 4 is 62.8 Å². The largest absolute Gasteiger partial charge is 0.393 e. The molecule has 0 aliphatic rings. The lowest BCUT2D eigenvalue weighted by Crippen LogP contribution is -2.05. The zero-order valence-electron chi connectivity index (χ0n) is 14.9. The van der Waals surface area contributed by atoms with Gasteiger partial charge in [0.15, 0.2) is 11.6 Å². The summed E-state index contributed by atoms with van der Waals surface area (Å²) in [5.74, 6) is 0.954. The fourth-order valence-electron chi connectivity index (χ4n) is 2.80. The maximum atomic E-state index is 6.29. The highest BCUT2D eigenvalue weighted by molar-refractivity contribution is 6.42. The number of aryl methyl sites for hydroxylation is 1. The van der Waals surface area contributed by atoms with Crippen LogP contribution in [0, 0.1) is 6.92 Å². The van der Waals surface area contributed by atoms with Gasteiger partial charge in [-0.15, -0.1) is 0 Å². The van der Waals surface area contributed by atoms with Gasteiger partial charge in [0, 0.05) is 22.5 Å². The lowest BCUT2D eigenvalue weighted by molar-refractivity contribution is 1.17. The Balaban J connectivity index is 1.66. The molecule has 2 aromatic carbocycles. The summed E-state index contributed by atoms with van der Waals surface area (Å²) >= 11 is 12.0. The molecule has 0 saturated heterocycles. The topological polar surface area (TPSA) is 88.8 Å². The van der Waals surface area contributed by atoms with Crippen LogP contribution >= 0.6 is 23.2 Å². The van der Waals surface area contributed by atoms with E-state index in [0.717, 1.165) is 28.0 Å². The van der Waals surface area contributed by atoms with Crippen molar-refractivity contribution < 1.29 is 0 Å². The van der Waals surface area contributed by atoms with E-state index in [1.807, 2.05) is 37.3 Å². The van der Waals surface area contributed by atoms with E-state index in [1.165, 1.54) is 6.33 Å². The third kappa shape index (κ3) is 3.65. The molecule has 6 nitrogen and oxygen atoms in total. The molecule has 2 heterocycles. The Hall–Kier alpha value is -3.09. The summed E-state index contributed by atoms with van der Waals surface area (Å²) in [7, 11) is 0. The number of halogens is 2. The number of fused-ring (bicyclic) bond motifs is 1. The second-order valence-corrected chi connectivity index (χ2v) is 7.00. The summed E-state index contributed by atoms with van der Waals surface area (Å²) in [6.07, 6.45) is 1.44. The average molecular weight is 411 g/mol. The molecule has 0 bridgehead atoms. The Morgan fingerprint density at radius 2 is 1.68 bits per heavy atom. The van der Waals surface area contributed by atoms with Gasteiger partial charge in [0.1, 0.15) is 12.0 Å². The van der Waals surface area contributed by atoms with Crippen molar-refractivity contribution in [3.05, 3.63) is 70.6 Å². The number of nitrogens with two attached hydrogens (primary N) is 1. The molecule has 4 rings (SSSR count). The van der Waals surface area contributed by atoms with Gasteiger partial charge in [0.25, 0.3) is 0 Å². The summed E-state index contributed by atoms with van der Waals surface area (Å²) in [4.78, 5) is 13.1. The SMILES string of the molecule is Cc1ccc2c(Nc3ncnc(Nc4ccc(Cl)c(Cl)c4)c3N)cccc2n1. The van der Waals surface area contributed by atoms with E-state index in [-0.39, 0.29) is 0 Å². The lowest BCUT2D eigenvalue weighted by atomic mass is 10.1. The van der Waals surface area contributed by atoms with Crippen LogP contribution in [0.5, 0.6) is 0 Å². The Kier molecular flexibility index (Phi) is 4.90. The minimum atomic E-state index is 0.380. The zero-order valence-corrected chi connectivity index (χ0v) is 16.4. The number of nitrogens with zero attached hydrogens (tertiary/aromatic N) is 3. The first-order chi connectivity index (χ1) is 13.5. The minimum absolute atomic E-state index is 0.380. The number of pyridine rings is 1. The molecule has 0 radical (unpaired) electrons. The number of hydrogen-bond donors (Lipinski definition) is 3. The van der Waals surface area contributed by atoms with Gasteiger partial charge >= 0.3 is 0 Å². The smallest absolute Gasteiger partial charge is 0.159 e. The minimum Gasteiger partial charge on any atom is -0.393 e. The summed E-state index contributed by atoms with van der Waals surface area (Å²) < 4.78 is 0. The van der Waals surface area contributed by atoms with Gasteiger partial charge in [-0.25, -0.2) is 9.97 Å². The van der Waals surface area contributed by atoms with Crippen LogP contribution in [0.2, 0.25) is 10.0 Å². The molecule has 0 saturated carbocycles. The molecule has 8 heteroatoms. The van der Waals surface area contributed by atoms with Gasteiger partial charge in [0.2, 0.25) is 0 Å². The summed E-state index contributed by atoms with van der Waals surface area (Å²) in [6, 6.07) is 15.0. The van der Waals surface area contributed by atoms with Crippen molar-refractivity contribution in [2.24, 2.45) is 0 Å². The Labute approximate surface area is 171 Å². The van der Waals surface area contributed by atoms with Crippen LogP contribution in [0.3, 0.4) is 0 Å². The molecule has 2 aromatic heterocycles. The molecule has 0 atom stereocenters. The zero-order chi connectivity index (χ0) is 19.7. The van der Waals surface area contributed by atoms with Crippen LogP contribution < -0.4 is 16.4 Å². The number of rotatable bonds is 4. The summed E-state index contributed by atoms with van der Waals surface area (Å²) in [5, 5.41) is 8.31. The van der Waals surface area contributed by atoms with Crippen LogP contribution in [-0.4, -0.2) is 15.0 Å². The van der Waals surface area contributed by atoms with Crippen LogP contribution in [0.15, 0.2) is 54.9 Å². The molecule has 4 N–H and O–H groups in total. The molecule has 4 aromatic rings. The molecule has 0 unspecified atom stereocenters. The quantitative estimate of drug-likeness (QED) is 0.399. The normalized spacial score (nSPS) is 10.8. The third-order valence-electron chi connectivity index (χ3n) is 4.19. The molecule has 0 aliphatic heterocycles. The van der Waals surface area contributed by atoms with E-state index >= 15 is 0 Å². The highest BCUT2D eigenvalue weighted by Gasteiger charge is 2.11.